The molecule has 1 aliphatic rings. The van der Waals surface area contributed by atoms with Gasteiger partial charge in [0.2, 0.25) is 0 Å². The van der Waals surface area contributed by atoms with Gasteiger partial charge in [0.15, 0.2) is 0 Å². The van der Waals surface area contributed by atoms with Gasteiger partial charge in [-0.1, -0.05) is 0 Å². The summed E-state index contributed by atoms with van der Waals surface area (Å²) in [6, 6.07) is 0. The van der Waals surface area contributed by atoms with E-state index in [1.807, 2.05) is 0 Å². The average Bonchev–Trinajstić information content (AvgIpc) is 1.97. The van der Waals surface area contributed by atoms with Gasteiger partial charge in [-0.15, -0.1) is 0 Å². The summed E-state index contributed by atoms with van der Waals surface area (Å²) >= 11 is 0. The highest BCUT2D eigenvalue weighted by Gasteiger charge is 2.39. The summed E-state index contributed by atoms with van der Waals surface area (Å²) < 4.78 is 4.89. The molecule has 0 aromatic heterocycles. The van der Waals surface area contributed by atoms with Crippen LogP contribution in [0.15, 0.2) is 0 Å². The van der Waals surface area contributed by atoms with E-state index in [2.05, 4.69) is 0 Å². The fourth-order valence-electron chi connectivity index (χ4n) is 0.654. The van der Waals surface area contributed by atoms with Crippen LogP contribution < -0.4 is 0 Å². The number of rotatable bonds is 0. The van der Waals surface area contributed by atoms with Crippen LogP contribution in [0.25, 0.3) is 0 Å². The number of hydroxylamine groups is 2. The molecule has 0 aromatic carbocycles. The summed E-state index contributed by atoms with van der Waals surface area (Å²) in [6.07, 6.45) is 0. The lowest BCUT2D eigenvalue weighted by Gasteiger charge is -2.11. The molecule has 0 spiro atoms. The second-order valence-corrected chi connectivity index (χ2v) is 2.49. The minimum Gasteiger partial charge on any atom is -0.343 e. The molecule has 1 N–H and O–H groups in total. The third-order valence-electron chi connectivity index (χ3n) is 1.30. The van der Waals surface area contributed by atoms with Gasteiger partial charge in [0.25, 0.3) is 5.91 Å². The van der Waals surface area contributed by atoms with Crippen molar-refractivity contribution in [2.24, 2.45) is 0 Å². The Kier molecular flexibility index (Phi) is 1.22. The number of carbonyl (C=O) groups excluding carboxylic acids is 1. The van der Waals surface area contributed by atoms with E-state index in [1.165, 1.54) is 0 Å². The summed E-state index contributed by atoms with van der Waals surface area (Å²) in [6.45, 7) is 3.21. The molecule has 9 heavy (non-hydrogen) atoms. The second kappa shape index (κ2) is 1.68. The molecule has 1 heterocycles. The van der Waals surface area contributed by atoms with Crippen molar-refractivity contribution in [3.05, 3.63) is 0 Å². The first-order chi connectivity index (χ1) is 4.04. The molecule has 1 fully saturated rings. The third kappa shape index (κ3) is 0.906. The van der Waals surface area contributed by atoms with Crippen LogP contribution in [0.5, 0.6) is 0 Å². The molecule has 1 aliphatic heterocycles. The summed E-state index contributed by atoms with van der Waals surface area (Å²) in [4.78, 5) is 10.8. The van der Waals surface area contributed by atoms with E-state index >= 15 is 0 Å². The Morgan fingerprint density at radius 1 is 1.78 bits per heavy atom. The van der Waals surface area contributed by atoms with E-state index < -0.39 is 5.60 Å². The number of carbonyl (C=O) groups is 1. The lowest BCUT2D eigenvalue weighted by atomic mass is 10.1. The quantitative estimate of drug-likeness (QED) is 0.470. The Balaban J connectivity index is 2.74. The molecular formula is C5H9NO3. The standard InChI is InChI=1S/C5H9NO3/c1-5(2)4(7)6(8)3-9-5/h8H,3H2,1-2H3. The van der Waals surface area contributed by atoms with Crippen LogP contribution >= 0.6 is 0 Å². The summed E-state index contributed by atoms with van der Waals surface area (Å²) in [7, 11) is 0. The van der Waals surface area contributed by atoms with Gasteiger partial charge < -0.3 is 4.74 Å². The van der Waals surface area contributed by atoms with Crippen LogP contribution in [0.3, 0.4) is 0 Å². The maximum absolute atomic E-state index is 10.8. The fraction of sp³-hybridized carbons (Fsp3) is 0.800. The monoisotopic (exact) mass is 131 g/mol. The van der Waals surface area contributed by atoms with Crippen LogP contribution in [0, 0.1) is 0 Å². The van der Waals surface area contributed by atoms with E-state index in [0.29, 0.717) is 5.06 Å². The molecule has 52 valence electrons. The molecule has 0 atom stereocenters. The molecule has 0 aliphatic carbocycles. The molecule has 1 saturated heterocycles. The molecule has 4 heteroatoms. The van der Waals surface area contributed by atoms with Gasteiger partial charge in [-0.3, -0.25) is 10.0 Å². The first kappa shape index (κ1) is 6.51. The maximum Gasteiger partial charge on any atom is 0.279 e. The minimum atomic E-state index is -0.839. The zero-order valence-electron chi connectivity index (χ0n) is 5.42. The molecular weight excluding hydrogens is 122 g/mol. The molecule has 4 nitrogen and oxygen atoms in total. The Labute approximate surface area is 53.0 Å². The largest absolute Gasteiger partial charge is 0.343 e. The zero-order chi connectivity index (χ0) is 7.07. The van der Waals surface area contributed by atoms with E-state index in [0.717, 1.165) is 0 Å². The number of amides is 1. The van der Waals surface area contributed by atoms with Crippen LogP contribution in [0.1, 0.15) is 13.8 Å². The highest BCUT2D eigenvalue weighted by Crippen LogP contribution is 2.18. The van der Waals surface area contributed by atoms with E-state index in [9.17, 15) is 4.79 Å². The van der Waals surface area contributed by atoms with Crippen molar-refractivity contribution in [3.63, 3.8) is 0 Å². The van der Waals surface area contributed by atoms with Crippen LogP contribution in [0.2, 0.25) is 0 Å². The fourth-order valence-corrected chi connectivity index (χ4v) is 0.654. The lowest BCUT2D eigenvalue weighted by Crippen LogP contribution is -2.33. The molecule has 1 rings (SSSR count). The van der Waals surface area contributed by atoms with E-state index in [1.54, 1.807) is 13.8 Å². The Morgan fingerprint density at radius 2 is 2.33 bits per heavy atom. The van der Waals surface area contributed by atoms with Crippen molar-refractivity contribution >= 4 is 5.91 Å². The number of hydrogen-bond donors (Lipinski definition) is 1. The average molecular weight is 131 g/mol. The van der Waals surface area contributed by atoms with Gasteiger partial charge in [-0.25, -0.2) is 0 Å². The SMILES string of the molecule is CC1(C)OCN(O)C1=O. The van der Waals surface area contributed by atoms with E-state index in [4.69, 9.17) is 9.94 Å². The van der Waals surface area contributed by atoms with Crippen molar-refractivity contribution in [3.8, 4) is 0 Å². The van der Waals surface area contributed by atoms with Crippen molar-refractivity contribution in [1.29, 1.82) is 0 Å². The van der Waals surface area contributed by atoms with E-state index in [-0.39, 0.29) is 12.6 Å². The minimum absolute atomic E-state index is 0.0220. The molecule has 1 amide bonds. The normalized spacial score (nSPS) is 25.2. The van der Waals surface area contributed by atoms with Gasteiger partial charge in [0.05, 0.1) is 0 Å². The Morgan fingerprint density at radius 3 is 2.44 bits per heavy atom. The van der Waals surface area contributed by atoms with Crippen molar-refractivity contribution < 1.29 is 14.7 Å². The first-order valence-electron chi connectivity index (χ1n) is 2.69. The summed E-state index contributed by atoms with van der Waals surface area (Å²) in [5, 5.41) is 9.26. The van der Waals surface area contributed by atoms with Crippen molar-refractivity contribution in [2.75, 3.05) is 6.73 Å². The highest BCUT2D eigenvalue weighted by atomic mass is 16.6. The topological polar surface area (TPSA) is 49.8 Å². The maximum atomic E-state index is 10.8. The van der Waals surface area contributed by atoms with Gasteiger partial charge >= 0.3 is 0 Å². The predicted molar refractivity (Wildman–Crippen MR) is 28.7 cm³/mol. The number of hydrogen-bond acceptors (Lipinski definition) is 3. The molecule has 0 aromatic rings. The summed E-state index contributed by atoms with van der Waals surface area (Å²) in [5.74, 6) is -0.387. The molecule has 0 radical (unpaired) electrons. The molecule has 0 bridgehead atoms. The van der Waals surface area contributed by atoms with Gasteiger partial charge in [-0.05, 0) is 13.8 Å². The van der Waals surface area contributed by atoms with Gasteiger partial charge in [0, 0.05) is 0 Å². The van der Waals surface area contributed by atoms with Crippen molar-refractivity contribution in [2.45, 2.75) is 19.4 Å². The van der Waals surface area contributed by atoms with Gasteiger partial charge in [0.1, 0.15) is 12.3 Å². The Hall–Kier alpha value is -0.610. The highest BCUT2D eigenvalue weighted by molar-refractivity contribution is 5.84. The Bertz CT molecular complexity index is 143. The summed E-state index contributed by atoms with van der Waals surface area (Å²) in [5.41, 5.74) is -0.839. The van der Waals surface area contributed by atoms with Crippen LogP contribution in [-0.4, -0.2) is 28.5 Å². The molecule has 0 unspecified atom stereocenters. The van der Waals surface area contributed by atoms with Crippen LogP contribution in [-0.2, 0) is 9.53 Å². The number of ether oxygens (including phenoxy) is 1. The number of nitrogens with zero attached hydrogens (tertiary/aromatic N) is 1. The second-order valence-electron chi connectivity index (χ2n) is 2.49. The third-order valence-corrected chi connectivity index (χ3v) is 1.30. The lowest BCUT2D eigenvalue weighted by molar-refractivity contribution is -0.160. The smallest absolute Gasteiger partial charge is 0.279 e. The van der Waals surface area contributed by atoms with Crippen molar-refractivity contribution in [1.82, 2.24) is 5.06 Å². The zero-order valence-corrected chi connectivity index (χ0v) is 5.42. The van der Waals surface area contributed by atoms with Crippen LogP contribution in [0.4, 0.5) is 0 Å². The predicted octanol–water partition coefficient (Wildman–Crippen LogP) is -0.0295. The van der Waals surface area contributed by atoms with Gasteiger partial charge in [-0.2, -0.15) is 5.06 Å². The first-order valence-corrected chi connectivity index (χ1v) is 2.69. The molecule has 0 saturated carbocycles.